The summed E-state index contributed by atoms with van der Waals surface area (Å²) in [5, 5.41) is 0. The quantitative estimate of drug-likeness (QED) is 0.670. The highest BCUT2D eigenvalue weighted by Crippen LogP contribution is 2.60. The molecule has 0 spiro atoms. The number of fused-ring (bicyclic) bond motifs is 1. The summed E-state index contributed by atoms with van der Waals surface area (Å²) >= 11 is 0. The fourth-order valence-electron chi connectivity index (χ4n) is 6.62. The number of ether oxygens (including phenoxy) is 2. The SMILES string of the molecule is CC1Oc2ccccc2N(CCC(=O)OCC(=O)C23CC4CC(CC(C4)C2)C3)C1=O. The largest absolute Gasteiger partial charge is 0.479 e. The summed E-state index contributed by atoms with van der Waals surface area (Å²) in [6, 6.07) is 7.31. The van der Waals surface area contributed by atoms with Crippen molar-refractivity contribution in [2.75, 3.05) is 18.1 Å². The molecule has 4 fully saturated rings. The number of anilines is 1. The highest BCUT2D eigenvalue weighted by molar-refractivity contribution is 6.00. The van der Waals surface area contributed by atoms with Gasteiger partial charge in [0.05, 0.1) is 12.1 Å². The van der Waals surface area contributed by atoms with Gasteiger partial charge in [-0.2, -0.15) is 0 Å². The van der Waals surface area contributed by atoms with Crippen LogP contribution < -0.4 is 9.64 Å². The lowest BCUT2D eigenvalue weighted by Crippen LogP contribution is -2.51. The van der Waals surface area contributed by atoms with Crippen molar-refractivity contribution in [1.29, 1.82) is 0 Å². The van der Waals surface area contributed by atoms with E-state index in [1.807, 2.05) is 18.2 Å². The molecule has 0 radical (unpaired) electrons. The lowest BCUT2D eigenvalue weighted by Gasteiger charge is -2.55. The number of rotatable bonds is 6. The lowest BCUT2D eigenvalue weighted by molar-refractivity contribution is -0.157. The average molecular weight is 411 g/mol. The van der Waals surface area contributed by atoms with Gasteiger partial charge in [0.1, 0.15) is 5.75 Å². The van der Waals surface area contributed by atoms with E-state index in [9.17, 15) is 14.4 Å². The molecule has 6 heteroatoms. The molecule has 0 saturated heterocycles. The van der Waals surface area contributed by atoms with Gasteiger partial charge in [-0.1, -0.05) is 12.1 Å². The molecule has 1 heterocycles. The number of nitrogens with zero attached hydrogens (tertiary/aromatic N) is 1. The first-order valence-electron chi connectivity index (χ1n) is 11.2. The van der Waals surface area contributed by atoms with E-state index in [0.29, 0.717) is 29.2 Å². The van der Waals surface area contributed by atoms with Crippen molar-refractivity contribution in [2.45, 2.75) is 58.0 Å². The molecule has 160 valence electrons. The van der Waals surface area contributed by atoms with Crippen molar-refractivity contribution in [3.63, 3.8) is 0 Å². The number of carbonyl (C=O) groups excluding carboxylic acids is 3. The fraction of sp³-hybridized carbons (Fsp3) is 0.625. The van der Waals surface area contributed by atoms with Gasteiger partial charge in [0, 0.05) is 12.0 Å². The second kappa shape index (κ2) is 7.40. The molecule has 6 rings (SSSR count). The van der Waals surface area contributed by atoms with E-state index in [1.54, 1.807) is 17.9 Å². The zero-order valence-corrected chi connectivity index (χ0v) is 17.5. The number of ketones is 1. The number of carbonyl (C=O) groups is 3. The van der Waals surface area contributed by atoms with Crippen LogP contribution in [0.3, 0.4) is 0 Å². The lowest BCUT2D eigenvalue weighted by atomic mass is 9.48. The van der Waals surface area contributed by atoms with Crippen LogP contribution in [-0.4, -0.2) is 36.9 Å². The molecule has 1 aliphatic heterocycles. The first kappa shape index (κ1) is 19.6. The monoisotopic (exact) mass is 411 g/mol. The molecule has 1 aromatic rings. The van der Waals surface area contributed by atoms with E-state index < -0.39 is 12.1 Å². The Morgan fingerprint density at radius 2 is 1.73 bits per heavy atom. The van der Waals surface area contributed by atoms with Gasteiger partial charge in [-0.15, -0.1) is 0 Å². The molecular formula is C24H29NO5. The first-order chi connectivity index (χ1) is 14.4. The molecule has 4 saturated carbocycles. The van der Waals surface area contributed by atoms with Crippen LogP contribution in [0.1, 0.15) is 51.9 Å². The van der Waals surface area contributed by atoms with Crippen molar-refractivity contribution in [3.8, 4) is 5.75 Å². The summed E-state index contributed by atoms with van der Waals surface area (Å²) in [5.41, 5.74) is 0.418. The van der Waals surface area contributed by atoms with Gasteiger partial charge in [-0.25, -0.2) is 0 Å². The van der Waals surface area contributed by atoms with Crippen molar-refractivity contribution in [2.24, 2.45) is 23.2 Å². The van der Waals surface area contributed by atoms with Crippen LogP contribution >= 0.6 is 0 Å². The standard InChI is InChI=1S/C24H29NO5/c1-15-23(28)25(19-4-2-3-5-20(19)30-15)7-6-22(27)29-14-21(26)24-11-16-8-17(12-24)10-18(9-16)13-24/h2-5,15-18H,6-14H2,1H3. The van der Waals surface area contributed by atoms with Crippen LogP contribution in [0, 0.1) is 23.2 Å². The van der Waals surface area contributed by atoms with Crippen molar-refractivity contribution < 1.29 is 23.9 Å². The Morgan fingerprint density at radius 1 is 1.10 bits per heavy atom. The Balaban J connectivity index is 1.17. The number of hydrogen-bond donors (Lipinski definition) is 0. The molecule has 1 amide bonds. The predicted octanol–water partition coefficient (Wildman–Crippen LogP) is 3.52. The molecule has 0 N–H and O–H groups in total. The topological polar surface area (TPSA) is 72.9 Å². The van der Waals surface area contributed by atoms with Gasteiger partial charge in [0.15, 0.2) is 18.5 Å². The minimum atomic E-state index is -0.589. The molecule has 1 unspecified atom stereocenters. The fourth-order valence-corrected chi connectivity index (χ4v) is 6.62. The number of amides is 1. The van der Waals surface area contributed by atoms with E-state index in [4.69, 9.17) is 9.47 Å². The summed E-state index contributed by atoms with van der Waals surface area (Å²) in [6.45, 7) is 1.79. The summed E-state index contributed by atoms with van der Waals surface area (Å²) in [6.07, 6.45) is 6.24. The number of Topliss-reactive ketones (excluding diaryl/α,β-unsaturated/α-hetero) is 1. The summed E-state index contributed by atoms with van der Waals surface area (Å²) in [4.78, 5) is 39.5. The first-order valence-corrected chi connectivity index (χ1v) is 11.2. The van der Waals surface area contributed by atoms with Gasteiger partial charge in [-0.05, 0) is 75.3 Å². The van der Waals surface area contributed by atoms with E-state index in [2.05, 4.69) is 0 Å². The minimum Gasteiger partial charge on any atom is -0.479 e. The Kier molecular flexibility index (Phi) is 4.83. The Labute approximate surface area is 176 Å². The highest BCUT2D eigenvalue weighted by Gasteiger charge is 2.54. The van der Waals surface area contributed by atoms with E-state index in [-0.39, 0.29) is 36.7 Å². The zero-order chi connectivity index (χ0) is 20.9. The van der Waals surface area contributed by atoms with Crippen LogP contribution in [0.25, 0.3) is 0 Å². The van der Waals surface area contributed by atoms with E-state index in [1.165, 1.54) is 19.3 Å². The van der Waals surface area contributed by atoms with Crippen molar-refractivity contribution >= 4 is 23.3 Å². The number of para-hydroxylation sites is 2. The third-order valence-electron chi connectivity index (χ3n) is 7.61. The van der Waals surface area contributed by atoms with Crippen molar-refractivity contribution in [3.05, 3.63) is 24.3 Å². The third-order valence-corrected chi connectivity index (χ3v) is 7.61. The van der Waals surface area contributed by atoms with Crippen molar-refractivity contribution in [1.82, 2.24) is 0 Å². The maximum Gasteiger partial charge on any atom is 0.308 e. The Hall–Kier alpha value is -2.37. The normalized spacial score (nSPS) is 33.8. The molecule has 30 heavy (non-hydrogen) atoms. The minimum absolute atomic E-state index is 0.0565. The van der Waals surface area contributed by atoms with Crippen LogP contribution in [0.4, 0.5) is 5.69 Å². The van der Waals surface area contributed by atoms with Crippen LogP contribution in [0.5, 0.6) is 5.75 Å². The molecule has 0 aromatic heterocycles. The van der Waals surface area contributed by atoms with Gasteiger partial charge >= 0.3 is 5.97 Å². The van der Waals surface area contributed by atoms with Crippen LogP contribution in [0.15, 0.2) is 24.3 Å². The maximum absolute atomic E-state index is 13.0. The molecule has 4 bridgehead atoms. The molecule has 4 aliphatic carbocycles. The summed E-state index contributed by atoms with van der Waals surface area (Å²) < 4.78 is 11.0. The van der Waals surface area contributed by atoms with E-state index in [0.717, 1.165) is 19.3 Å². The molecular weight excluding hydrogens is 382 g/mol. The number of benzene rings is 1. The Bertz CT molecular complexity index is 843. The third kappa shape index (κ3) is 3.40. The molecule has 1 aromatic carbocycles. The second-order valence-corrected chi connectivity index (χ2v) is 9.75. The second-order valence-electron chi connectivity index (χ2n) is 9.75. The zero-order valence-electron chi connectivity index (χ0n) is 17.5. The molecule has 5 aliphatic rings. The average Bonchev–Trinajstić information content (AvgIpc) is 2.71. The van der Waals surface area contributed by atoms with Crippen LogP contribution in [-0.2, 0) is 19.1 Å². The molecule has 1 atom stereocenters. The smallest absolute Gasteiger partial charge is 0.308 e. The summed E-state index contributed by atoms with van der Waals surface area (Å²) in [7, 11) is 0. The number of hydrogen-bond acceptors (Lipinski definition) is 5. The van der Waals surface area contributed by atoms with Crippen LogP contribution in [0.2, 0.25) is 0 Å². The van der Waals surface area contributed by atoms with Gasteiger partial charge in [-0.3, -0.25) is 14.4 Å². The Morgan fingerprint density at radius 3 is 2.40 bits per heavy atom. The van der Waals surface area contributed by atoms with E-state index >= 15 is 0 Å². The maximum atomic E-state index is 13.0. The number of esters is 1. The predicted molar refractivity (Wildman–Crippen MR) is 110 cm³/mol. The highest BCUT2D eigenvalue weighted by atomic mass is 16.5. The molecule has 6 nitrogen and oxygen atoms in total. The van der Waals surface area contributed by atoms with Gasteiger partial charge in [0.2, 0.25) is 0 Å². The van der Waals surface area contributed by atoms with Gasteiger partial charge in [0.25, 0.3) is 5.91 Å². The summed E-state index contributed by atoms with van der Waals surface area (Å²) in [5.74, 6) is 2.19. The van der Waals surface area contributed by atoms with Gasteiger partial charge < -0.3 is 14.4 Å².